The average molecular weight is 253 g/mol. The highest BCUT2D eigenvalue weighted by atomic mass is 35.5. The van der Waals surface area contributed by atoms with Crippen LogP contribution >= 0.6 is 11.6 Å². The molecule has 0 bridgehead atoms. The van der Waals surface area contributed by atoms with Gasteiger partial charge >= 0.3 is 0 Å². The first-order valence-electron chi connectivity index (χ1n) is 5.56. The molecule has 92 valence electrons. The van der Waals surface area contributed by atoms with Crippen molar-refractivity contribution >= 4 is 23.2 Å². The Morgan fingerprint density at radius 3 is 2.88 bits per heavy atom. The summed E-state index contributed by atoms with van der Waals surface area (Å²) in [5, 5.41) is 0.322. The number of hydrogen-bond acceptors (Lipinski definition) is 2. The standard InChI is InChI=1S/C13H17ClN2O/c1-3-8-16(9-4-2)13(17)10-6-5-7-11(15)12(10)14/h3,5-7H,1,4,8-9,15H2,2H3. The Bertz CT molecular complexity index is 418. The molecule has 4 heteroatoms. The van der Waals surface area contributed by atoms with E-state index >= 15 is 0 Å². The fourth-order valence-corrected chi connectivity index (χ4v) is 1.79. The van der Waals surface area contributed by atoms with Crippen molar-refractivity contribution in [1.29, 1.82) is 0 Å². The molecule has 0 saturated heterocycles. The third-order valence-corrected chi connectivity index (χ3v) is 2.81. The van der Waals surface area contributed by atoms with Crippen LogP contribution in [0, 0.1) is 0 Å². The predicted octanol–water partition coefficient (Wildman–Crippen LogP) is 2.96. The van der Waals surface area contributed by atoms with Crippen LogP contribution in [0.2, 0.25) is 5.02 Å². The van der Waals surface area contributed by atoms with Crippen LogP contribution in [-0.2, 0) is 0 Å². The van der Waals surface area contributed by atoms with Crippen molar-refractivity contribution in [3.05, 3.63) is 41.4 Å². The number of nitrogens with two attached hydrogens (primary N) is 1. The largest absolute Gasteiger partial charge is 0.398 e. The van der Waals surface area contributed by atoms with Gasteiger partial charge in [-0.1, -0.05) is 30.7 Å². The van der Waals surface area contributed by atoms with Crippen LogP contribution in [0.5, 0.6) is 0 Å². The Balaban J connectivity index is 3.00. The topological polar surface area (TPSA) is 46.3 Å². The summed E-state index contributed by atoms with van der Waals surface area (Å²) in [7, 11) is 0. The molecule has 3 nitrogen and oxygen atoms in total. The van der Waals surface area contributed by atoms with Gasteiger partial charge < -0.3 is 10.6 Å². The SMILES string of the molecule is C=CCN(CCC)C(=O)c1cccc(N)c1Cl. The monoisotopic (exact) mass is 252 g/mol. The number of nitrogen functional groups attached to an aromatic ring is 1. The molecule has 0 spiro atoms. The van der Waals surface area contributed by atoms with Gasteiger partial charge in [-0.25, -0.2) is 0 Å². The van der Waals surface area contributed by atoms with Gasteiger partial charge in [0.05, 0.1) is 16.3 Å². The molecular formula is C13H17ClN2O. The Morgan fingerprint density at radius 1 is 1.59 bits per heavy atom. The smallest absolute Gasteiger partial charge is 0.255 e. The molecule has 0 atom stereocenters. The van der Waals surface area contributed by atoms with E-state index in [1.165, 1.54) is 0 Å². The van der Waals surface area contributed by atoms with Gasteiger partial charge in [-0.3, -0.25) is 4.79 Å². The summed E-state index contributed by atoms with van der Waals surface area (Å²) < 4.78 is 0. The van der Waals surface area contributed by atoms with Crippen LogP contribution in [-0.4, -0.2) is 23.9 Å². The molecule has 1 amide bonds. The van der Waals surface area contributed by atoms with E-state index in [1.807, 2.05) is 6.92 Å². The number of amides is 1. The molecule has 0 heterocycles. The van der Waals surface area contributed by atoms with Crippen LogP contribution in [0.4, 0.5) is 5.69 Å². The van der Waals surface area contributed by atoms with Crippen LogP contribution in [0.3, 0.4) is 0 Å². The molecule has 0 aliphatic carbocycles. The van der Waals surface area contributed by atoms with Gasteiger partial charge in [-0.05, 0) is 18.6 Å². The molecule has 0 unspecified atom stereocenters. The molecule has 0 saturated carbocycles. The van der Waals surface area contributed by atoms with Gasteiger partial charge in [0.25, 0.3) is 5.91 Å². The van der Waals surface area contributed by atoms with Gasteiger partial charge in [-0.2, -0.15) is 0 Å². The summed E-state index contributed by atoms with van der Waals surface area (Å²) in [6.45, 7) is 6.85. The second-order valence-electron chi connectivity index (χ2n) is 3.75. The van der Waals surface area contributed by atoms with Gasteiger partial charge in [0.15, 0.2) is 0 Å². The van der Waals surface area contributed by atoms with E-state index in [-0.39, 0.29) is 5.91 Å². The van der Waals surface area contributed by atoms with Crippen molar-refractivity contribution in [3.63, 3.8) is 0 Å². The van der Waals surface area contributed by atoms with Crippen molar-refractivity contribution in [2.45, 2.75) is 13.3 Å². The number of halogens is 1. The van der Waals surface area contributed by atoms with Gasteiger partial charge in [0.2, 0.25) is 0 Å². The van der Waals surface area contributed by atoms with E-state index in [9.17, 15) is 4.79 Å². The highest BCUT2D eigenvalue weighted by Crippen LogP contribution is 2.24. The summed E-state index contributed by atoms with van der Waals surface area (Å²) in [4.78, 5) is 13.9. The molecule has 1 rings (SSSR count). The number of benzene rings is 1. The minimum absolute atomic E-state index is 0.107. The molecule has 0 aliphatic rings. The van der Waals surface area contributed by atoms with Crippen LogP contribution in [0.15, 0.2) is 30.9 Å². The maximum absolute atomic E-state index is 12.2. The molecule has 0 radical (unpaired) electrons. The fourth-order valence-electron chi connectivity index (χ4n) is 1.59. The van der Waals surface area contributed by atoms with E-state index in [0.717, 1.165) is 6.42 Å². The zero-order chi connectivity index (χ0) is 12.8. The van der Waals surface area contributed by atoms with E-state index in [4.69, 9.17) is 17.3 Å². The lowest BCUT2D eigenvalue weighted by molar-refractivity contribution is 0.0774. The Morgan fingerprint density at radius 2 is 2.29 bits per heavy atom. The number of nitrogens with zero attached hydrogens (tertiary/aromatic N) is 1. The molecule has 0 aromatic heterocycles. The molecule has 1 aromatic rings. The predicted molar refractivity (Wildman–Crippen MR) is 72.3 cm³/mol. The zero-order valence-electron chi connectivity index (χ0n) is 9.95. The van der Waals surface area contributed by atoms with Gasteiger partial charge in [0, 0.05) is 13.1 Å². The molecular weight excluding hydrogens is 236 g/mol. The fraction of sp³-hybridized carbons (Fsp3) is 0.308. The van der Waals surface area contributed by atoms with Crippen LogP contribution < -0.4 is 5.73 Å². The molecule has 1 aromatic carbocycles. The first-order chi connectivity index (χ1) is 8.11. The highest BCUT2D eigenvalue weighted by Gasteiger charge is 2.17. The second-order valence-corrected chi connectivity index (χ2v) is 4.13. The lowest BCUT2D eigenvalue weighted by Crippen LogP contribution is -2.32. The van der Waals surface area contributed by atoms with Crippen LogP contribution in [0.25, 0.3) is 0 Å². The zero-order valence-corrected chi connectivity index (χ0v) is 10.7. The van der Waals surface area contributed by atoms with Crippen molar-refractivity contribution in [1.82, 2.24) is 4.90 Å². The summed E-state index contributed by atoms with van der Waals surface area (Å²) in [6, 6.07) is 5.09. The third kappa shape index (κ3) is 3.24. The quantitative estimate of drug-likeness (QED) is 0.647. The number of hydrogen-bond donors (Lipinski definition) is 1. The lowest BCUT2D eigenvalue weighted by Gasteiger charge is -2.21. The second kappa shape index (κ2) is 6.30. The minimum atomic E-state index is -0.107. The maximum atomic E-state index is 12.2. The number of carbonyl (C=O) groups is 1. The number of carbonyl (C=O) groups excluding carboxylic acids is 1. The first-order valence-corrected chi connectivity index (χ1v) is 5.93. The Hall–Kier alpha value is -1.48. The lowest BCUT2D eigenvalue weighted by atomic mass is 10.1. The van der Waals surface area contributed by atoms with E-state index in [0.29, 0.717) is 29.4 Å². The molecule has 17 heavy (non-hydrogen) atoms. The van der Waals surface area contributed by atoms with Crippen LogP contribution in [0.1, 0.15) is 23.7 Å². The summed E-state index contributed by atoms with van der Waals surface area (Å²) in [5.74, 6) is -0.107. The van der Waals surface area contributed by atoms with Crippen molar-refractivity contribution in [2.24, 2.45) is 0 Å². The molecule has 0 aliphatic heterocycles. The number of rotatable bonds is 5. The van der Waals surface area contributed by atoms with Crippen molar-refractivity contribution in [3.8, 4) is 0 Å². The van der Waals surface area contributed by atoms with Crippen molar-refractivity contribution < 1.29 is 4.79 Å². The Labute approximate surface area is 107 Å². The first kappa shape index (κ1) is 13.6. The summed E-state index contributed by atoms with van der Waals surface area (Å²) in [5.41, 5.74) is 6.55. The summed E-state index contributed by atoms with van der Waals surface area (Å²) in [6.07, 6.45) is 2.59. The normalized spacial score (nSPS) is 10.0. The Kier molecular flexibility index (Phi) is 5.04. The third-order valence-electron chi connectivity index (χ3n) is 2.39. The minimum Gasteiger partial charge on any atom is -0.398 e. The van der Waals surface area contributed by atoms with E-state index < -0.39 is 0 Å². The average Bonchev–Trinajstić information content (AvgIpc) is 2.31. The number of anilines is 1. The highest BCUT2D eigenvalue weighted by molar-refractivity contribution is 6.36. The maximum Gasteiger partial charge on any atom is 0.255 e. The molecule has 0 fully saturated rings. The van der Waals surface area contributed by atoms with E-state index in [2.05, 4.69) is 6.58 Å². The van der Waals surface area contributed by atoms with Gasteiger partial charge in [-0.15, -0.1) is 6.58 Å². The molecule has 2 N–H and O–H groups in total. The van der Waals surface area contributed by atoms with Crippen molar-refractivity contribution in [2.75, 3.05) is 18.8 Å². The van der Waals surface area contributed by atoms with E-state index in [1.54, 1.807) is 29.2 Å². The van der Waals surface area contributed by atoms with Gasteiger partial charge in [0.1, 0.15) is 0 Å². The summed E-state index contributed by atoms with van der Waals surface area (Å²) >= 11 is 6.03.